The number of nitrogens with zero attached hydrogens (tertiary/aromatic N) is 4. The molecule has 0 atom stereocenters. The second kappa shape index (κ2) is 12.6. The molecule has 0 amide bonds. The van der Waals surface area contributed by atoms with Gasteiger partial charge in [-0.05, 0) is 32.1 Å². The van der Waals surface area contributed by atoms with Crippen molar-refractivity contribution >= 4 is 5.96 Å². The number of guanidine groups is 1. The standard InChI is InChI=1S/C18H34N6O2/c1-3-17-23-22-15-24(17)10-9-21-18(19-4-2)20-8-5-11-26-14-16-6-12-25-13-7-16/h15-16H,3-14H2,1-2H3,(H2,19,20,21). The minimum Gasteiger partial charge on any atom is -0.381 e. The van der Waals surface area contributed by atoms with E-state index in [4.69, 9.17) is 9.47 Å². The molecule has 8 heteroatoms. The Bertz CT molecular complexity index is 514. The third kappa shape index (κ3) is 7.70. The first-order valence-electron chi connectivity index (χ1n) is 9.87. The Kier molecular flexibility index (Phi) is 10.0. The summed E-state index contributed by atoms with van der Waals surface area (Å²) < 4.78 is 13.2. The van der Waals surface area contributed by atoms with Crippen LogP contribution >= 0.6 is 0 Å². The van der Waals surface area contributed by atoms with Gasteiger partial charge in [0, 0.05) is 59.0 Å². The molecule has 0 bridgehead atoms. The van der Waals surface area contributed by atoms with Gasteiger partial charge in [0.15, 0.2) is 5.96 Å². The van der Waals surface area contributed by atoms with Gasteiger partial charge in [0.2, 0.25) is 0 Å². The molecule has 1 aromatic rings. The van der Waals surface area contributed by atoms with E-state index >= 15 is 0 Å². The summed E-state index contributed by atoms with van der Waals surface area (Å²) in [4.78, 5) is 4.61. The van der Waals surface area contributed by atoms with Gasteiger partial charge in [-0.25, -0.2) is 0 Å². The second-order valence-electron chi connectivity index (χ2n) is 6.47. The Labute approximate surface area is 156 Å². The summed E-state index contributed by atoms with van der Waals surface area (Å²) in [6.07, 6.45) is 5.85. The fraction of sp³-hybridized carbons (Fsp3) is 0.833. The topological polar surface area (TPSA) is 85.6 Å². The molecule has 2 heterocycles. The maximum absolute atomic E-state index is 5.79. The Morgan fingerprint density at radius 2 is 2.19 bits per heavy atom. The van der Waals surface area contributed by atoms with Crippen LogP contribution < -0.4 is 10.6 Å². The lowest BCUT2D eigenvalue weighted by Gasteiger charge is -2.21. The second-order valence-corrected chi connectivity index (χ2v) is 6.47. The molecule has 8 nitrogen and oxygen atoms in total. The molecule has 1 aromatic heterocycles. The molecule has 1 saturated heterocycles. The molecule has 1 aliphatic heterocycles. The van der Waals surface area contributed by atoms with Crippen molar-refractivity contribution in [3.63, 3.8) is 0 Å². The first-order chi connectivity index (χ1) is 12.8. The fourth-order valence-electron chi connectivity index (χ4n) is 2.90. The molecule has 0 radical (unpaired) electrons. The van der Waals surface area contributed by atoms with E-state index in [0.717, 1.165) is 90.1 Å². The van der Waals surface area contributed by atoms with Crippen LogP contribution in [0.3, 0.4) is 0 Å². The van der Waals surface area contributed by atoms with Crippen LogP contribution in [0.5, 0.6) is 0 Å². The first kappa shape index (κ1) is 20.6. The predicted octanol–water partition coefficient (Wildman–Crippen LogP) is 1.23. The molecule has 0 spiro atoms. The highest BCUT2D eigenvalue weighted by Crippen LogP contribution is 2.14. The van der Waals surface area contributed by atoms with E-state index in [1.54, 1.807) is 6.33 Å². The molecule has 0 saturated carbocycles. The van der Waals surface area contributed by atoms with Crippen molar-refractivity contribution in [1.29, 1.82) is 0 Å². The van der Waals surface area contributed by atoms with E-state index in [2.05, 4.69) is 44.2 Å². The lowest BCUT2D eigenvalue weighted by molar-refractivity contribution is 0.0205. The monoisotopic (exact) mass is 366 g/mol. The van der Waals surface area contributed by atoms with Gasteiger partial charge in [-0.15, -0.1) is 10.2 Å². The van der Waals surface area contributed by atoms with Gasteiger partial charge in [0.25, 0.3) is 0 Å². The minimum atomic E-state index is 0.664. The number of nitrogens with one attached hydrogen (secondary N) is 2. The average molecular weight is 367 g/mol. The van der Waals surface area contributed by atoms with Gasteiger partial charge in [-0.2, -0.15) is 0 Å². The maximum atomic E-state index is 5.79. The fourth-order valence-corrected chi connectivity index (χ4v) is 2.90. The molecule has 1 aliphatic rings. The summed E-state index contributed by atoms with van der Waals surface area (Å²) in [6.45, 7) is 10.8. The van der Waals surface area contributed by atoms with Crippen LogP contribution in [-0.2, 0) is 22.4 Å². The van der Waals surface area contributed by atoms with Crippen LogP contribution in [0.1, 0.15) is 38.9 Å². The van der Waals surface area contributed by atoms with Crippen LogP contribution in [0.2, 0.25) is 0 Å². The van der Waals surface area contributed by atoms with E-state index in [1.807, 2.05) is 0 Å². The molecule has 0 aliphatic carbocycles. The van der Waals surface area contributed by atoms with Gasteiger partial charge < -0.3 is 24.7 Å². The molecular formula is C18H34N6O2. The number of aromatic nitrogens is 3. The van der Waals surface area contributed by atoms with Gasteiger partial charge in [0.1, 0.15) is 12.2 Å². The molecule has 1 fully saturated rings. The Morgan fingerprint density at radius 1 is 1.35 bits per heavy atom. The van der Waals surface area contributed by atoms with Crippen molar-refractivity contribution in [3.8, 4) is 0 Å². The number of hydrogen-bond acceptors (Lipinski definition) is 5. The van der Waals surface area contributed by atoms with E-state index in [1.165, 1.54) is 0 Å². The Morgan fingerprint density at radius 3 is 2.96 bits per heavy atom. The molecule has 26 heavy (non-hydrogen) atoms. The third-order valence-electron chi connectivity index (χ3n) is 4.41. The van der Waals surface area contributed by atoms with Crippen molar-refractivity contribution in [2.75, 3.05) is 46.1 Å². The van der Waals surface area contributed by atoms with Gasteiger partial charge in [0.05, 0.1) is 0 Å². The molecule has 2 N–H and O–H groups in total. The van der Waals surface area contributed by atoms with Crippen LogP contribution in [0.25, 0.3) is 0 Å². The van der Waals surface area contributed by atoms with Crippen LogP contribution in [0.4, 0.5) is 0 Å². The quantitative estimate of drug-likeness (QED) is 0.348. The van der Waals surface area contributed by atoms with E-state index in [-0.39, 0.29) is 0 Å². The number of rotatable bonds is 11. The number of aryl methyl sites for hydroxylation is 1. The molecular weight excluding hydrogens is 332 g/mol. The molecule has 0 aromatic carbocycles. The zero-order chi connectivity index (χ0) is 18.5. The van der Waals surface area contributed by atoms with Crippen LogP contribution in [-0.4, -0.2) is 66.8 Å². The zero-order valence-corrected chi connectivity index (χ0v) is 16.2. The van der Waals surface area contributed by atoms with Crippen molar-refractivity contribution in [1.82, 2.24) is 25.4 Å². The first-order valence-corrected chi connectivity index (χ1v) is 9.87. The number of aliphatic imine (C=N–C) groups is 1. The Balaban J connectivity index is 1.59. The van der Waals surface area contributed by atoms with Crippen molar-refractivity contribution in [2.24, 2.45) is 10.9 Å². The van der Waals surface area contributed by atoms with Gasteiger partial charge in [-0.3, -0.25) is 4.99 Å². The normalized spacial score (nSPS) is 16.0. The summed E-state index contributed by atoms with van der Waals surface area (Å²) in [7, 11) is 0. The van der Waals surface area contributed by atoms with Gasteiger partial charge in [-0.1, -0.05) is 6.92 Å². The summed E-state index contributed by atoms with van der Waals surface area (Å²) in [5.74, 6) is 2.52. The zero-order valence-electron chi connectivity index (χ0n) is 16.2. The van der Waals surface area contributed by atoms with Crippen molar-refractivity contribution in [2.45, 2.75) is 46.1 Å². The van der Waals surface area contributed by atoms with E-state index in [9.17, 15) is 0 Å². The highest BCUT2D eigenvalue weighted by Gasteiger charge is 2.13. The number of hydrogen-bond donors (Lipinski definition) is 2. The van der Waals surface area contributed by atoms with Crippen LogP contribution in [0, 0.1) is 5.92 Å². The van der Waals surface area contributed by atoms with Crippen molar-refractivity contribution in [3.05, 3.63) is 12.2 Å². The average Bonchev–Trinajstić information content (AvgIpc) is 3.13. The van der Waals surface area contributed by atoms with Crippen LogP contribution in [0.15, 0.2) is 11.3 Å². The summed E-state index contributed by atoms with van der Waals surface area (Å²) in [5, 5.41) is 14.7. The Hall–Kier alpha value is -1.67. The predicted molar refractivity (Wildman–Crippen MR) is 102 cm³/mol. The third-order valence-corrected chi connectivity index (χ3v) is 4.41. The molecule has 0 unspecified atom stereocenters. The SMILES string of the molecule is CCNC(=NCCCOCC1CCOCC1)NCCn1cnnc1CC. The van der Waals surface area contributed by atoms with Crippen molar-refractivity contribution < 1.29 is 9.47 Å². The maximum Gasteiger partial charge on any atom is 0.191 e. The lowest BCUT2D eigenvalue weighted by atomic mass is 10.0. The lowest BCUT2D eigenvalue weighted by Crippen LogP contribution is -2.39. The van der Waals surface area contributed by atoms with E-state index < -0.39 is 0 Å². The minimum absolute atomic E-state index is 0.664. The molecule has 148 valence electrons. The summed E-state index contributed by atoms with van der Waals surface area (Å²) >= 11 is 0. The summed E-state index contributed by atoms with van der Waals surface area (Å²) in [6, 6.07) is 0. The molecule has 2 rings (SSSR count). The smallest absolute Gasteiger partial charge is 0.191 e. The summed E-state index contributed by atoms with van der Waals surface area (Å²) in [5.41, 5.74) is 0. The highest BCUT2D eigenvalue weighted by atomic mass is 16.5. The van der Waals surface area contributed by atoms with Gasteiger partial charge >= 0.3 is 0 Å². The number of ether oxygens (including phenoxy) is 2. The highest BCUT2D eigenvalue weighted by molar-refractivity contribution is 5.79. The largest absolute Gasteiger partial charge is 0.381 e. The van der Waals surface area contributed by atoms with E-state index in [0.29, 0.717) is 5.92 Å².